The number of ether oxygens (including phenoxy) is 1. The Kier molecular flexibility index (Phi) is 8.75. The molecule has 1 unspecified atom stereocenters. The quantitative estimate of drug-likeness (QED) is 0.180. The maximum Gasteiger partial charge on any atom is 0.300 e. The van der Waals surface area contributed by atoms with Gasteiger partial charge in [0.05, 0.1) is 18.2 Å². The first-order valence-electron chi connectivity index (χ1n) is 13.8. The second-order valence-electron chi connectivity index (χ2n) is 10.2. The third-order valence-corrected chi connectivity index (χ3v) is 7.10. The van der Waals surface area contributed by atoms with Crippen LogP contribution in [-0.2, 0) is 16.0 Å². The first-order chi connectivity index (χ1) is 18.8. The minimum absolute atomic E-state index is 0.0659. The number of ketones is 1. The highest BCUT2D eigenvalue weighted by Crippen LogP contribution is 2.42. The van der Waals surface area contributed by atoms with Crippen molar-refractivity contribution < 1.29 is 19.4 Å². The van der Waals surface area contributed by atoms with Gasteiger partial charge in [-0.25, -0.2) is 0 Å². The summed E-state index contributed by atoms with van der Waals surface area (Å²) in [6, 6.07) is 21.8. The van der Waals surface area contributed by atoms with Crippen LogP contribution in [-0.4, -0.2) is 36.5 Å². The Morgan fingerprint density at radius 1 is 0.949 bits per heavy atom. The van der Waals surface area contributed by atoms with Crippen LogP contribution >= 0.6 is 0 Å². The van der Waals surface area contributed by atoms with Crippen molar-refractivity contribution in [2.24, 2.45) is 5.92 Å². The lowest BCUT2D eigenvalue weighted by molar-refractivity contribution is -0.132. The number of aryl methyl sites for hydroxylation is 1. The summed E-state index contributed by atoms with van der Waals surface area (Å²) in [6.07, 6.45) is 0.866. The predicted octanol–water partition coefficient (Wildman–Crippen LogP) is 6.76. The van der Waals surface area contributed by atoms with Crippen molar-refractivity contribution in [3.63, 3.8) is 0 Å². The summed E-state index contributed by atoms with van der Waals surface area (Å²) in [7, 11) is 0. The van der Waals surface area contributed by atoms with E-state index in [2.05, 4.69) is 39.5 Å². The lowest BCUT2D eigenvalue weighted by Gasteiger charge is -2.27. The maximum atomic E-state index is 13.5. The van der Waals surface area contributed by atoms with Crippen LogP contribution in [0.25, 0.3) is 5.76 Å². The Bertz CT molecular complexity index is 1340. The van der Waals surface area contributed by atoms with Gasteiger partial charge in [0.2, 0.25) is 0 Å². The number of carbonyl (C=O) groups excluding carboxylic acids is 2. The molecule has 0 saturated carbocycles. The largest absolute Gasteiger partial charge is 0.507 e. The molecular formula is C33H38N2O4. The molecule has 1 aliphatic rings. The van der Waals surface area contributed by atoms with Gasteiger partial charge in [-0.15, -0.1) is 0 Å². The Labute approximate surface area is 231 Å². The van der Waals surface area contributed by atoms with E-state index in [-0.39, 0.29) is 11.3 Å². The number of amides is 1. The fourth-order valence-corrected chi connectivity index (χ4v) is 4.91. The van der Waals surface area contributed by atoms with Crippen LogP contribution in [0.4, 0.5) is 11.4 Å². The van der Waals surface area contributed by atoms with Crippen molar-refractivity contribution in [3.05, 3.63) is 95.1 Å². The molecule has 0 radical (unpaired) electrons. The number of hydrogen-bond donors (Lipinski definition) is 1. The van der Waals surface area contributed by atoms with Crippen LogP contribution in [0.5, 0.6) is 5.75 Å². The van der Waals surface area contributed by atoms with Crippen LogP contribution in [0.1, 0.15) is 57.4 Å². The molecule has 1 atom stereocenters. The van der Waals surface area contributed by atoms with E-state index in [0.717, 1.165) is 36.3 Å². The number of nitrogens with zero attached hydrogens (tertiary/aromatic N) is 2. The topological polar surface area (TPSA) is 70.1 Å². The molecule has 1 amide bonds. The van der Waals surface area contributed by atoms with Gasteiger partial charge in [0.1, 0.15) is 11.5 Å². The average Bonchev–Trinajstić information content (AvgIpc) is 3.22. The van der Waals surface area contributed by atoms with Crippen LogP contribution in [0, 0.1) is 5.92 Å². The molecule has 1 aliphatic heterocycles. The molecule has 3 aromatic carbocycles. The summed E-state index contributed by atoms with van der Waals surface area (Å²) in [5.74, 6) is -0.652. The molecule has 4 rings (SSSR count). The summed E-state index contributed by atoms with van der Waals surface area (Å²) in [5, 5.41) is 11.5. The normalized spacial score (nSPS) is 16.7. The van der Waals surface area contributed by atoms with Crippen LogP contribution in [0.2, 0.25) is 0 Å². The Morgan fingerprint density at radius 3 is 2.21 bits per heavy atom. The van der Waals surface area contributed by atoms with Gasteiger partial charge in [0.25, 0.3) is 11.7 Å². The van der Waals surface area contributed by atoms with Crippen molar-refractivity contribution >= 4 is 28.8 Å². The fourth-order valence-electron chi connectivity index (χ4n) is 4.91. The number of hydrogen-bond acceptors (Lipinski definition) is 5. The van der Waals surface area contributed by atoms with Crippen molar-refractivity contribution in [2.75, 3.05) is 29.5 Å². The molecule has 0 aromatic heterocycles. The lowest BCUT2D eigenvalue weighted by atomic mass is 9.94. The molecule has 3 aromatic rings. The smallest absolute Gasteiger partial charge is 0.300 e. The van der Waals surface area contributed by atoms with Crippen LogP contribution in [0.15, 0.2) is 78.4 Å². The molecule has 204 valence electrons. The second-order valence-corrected chi connectivity index (χ2v) is 10.2. The van der Waals surface area contributed by atoms with Gasteiger partial charge in [0, 0.05) is 30.0 Å². The zero-order valence-corrected chi connectivity index (χ0v) is 23.5. The van der Waals surface area contributed by atoms with E-state index in [4.69, 9.17) is 4.74 Å². The average molecular weight is 527 g/mol. The number of Topliss-reactive ketones (excluding diaryl/α,β-unsaturated/α-hetero) is 1. The molecule has 39 heavy (non-hydrogen) atoms. The molecule has 6 nitrogen and oxygen atoms in total. The van der Waals surface area contributed by atoms with Crippen LogP contribution in [0.3, 0.4) is 0 Å². The molecule has 0 bridgehead atoms. The Balaban J connectivity index is 1.84. The van der Waals surface area contributed by atoms with E-state index in [1.54, 1.807) is 18.2 Å². The molecular weight excluding hydrogens is 488 g/mol. The minimum atomic E-state index is -0.775. The van der Waals surface area contributed by atoms with Gasteiger partial charge in [0.15, 0.2) is 0 Å². The SMILES string of the molecule is CCc1ccc(N2C(=O)C(=O)/C(=C(\O)c3cccc(OCC(C)C)c3)C2c2ccc(N(CC)CC)cc2)cc1. The molecule has 0 spiro atoms. The summed E-state index contributed by atoms with van der Waals surface area (Å²) >= 11 is 0. The Hall–Kier alpha value is -4.06. The van der Waals surface area contributed by atoms with E-state index in [0.29, 0.717) is 29.5 Å². The number of aliphatic hydroxyl groups is 1. The van der Waals surface area contributed by atoms with E-state index >= 15 is 0 Å². The van der Waals surface area contributed by atoms with Gasteiger partial charge in [-0.1, -0.05) is 57.2 Å². The first-order valence-corrected chi connectivity index (χ1v) is 13.8. The second kappa shape index (κ2) is 12.2. The van der Waals surface area contributed by atoms with Gasteiger partial charge >= 0.3 is 0 Å². The molecule has 1 N–H and O–H groups in total. The van der Waals surface area contributed by atoms with E-state index in [1.807, 2.05) is 54.6 Å². The van der Waals surface area contributed by atoms with Gasteiger partial charge in [-0.2, -0.15) is 0 Å². The van der Waals surface area contributed by atoms with Crippen LogP contribution < -0.4 is 14.5 Å². The third-order valence-electron chi connectivity index (χ3n) is 7.10. The number of anilines is 2. The molecule has 0 aliphatic carbocycles. The first kappa shape index (κ1) is 28.0. The Morgan fingerprint density at radius 2 is 1.62 bits per heavy atom. The predicted molar refractivity (Wildman–Crippen MR) is 157 cm³/mol. The summed E-state index contributed by atoms with van der Waals surface area (Å²) in [4.78, 5) is 30.8. The molecule has 1 saturated heterocycles. The van der Waals surface area contributed by atoms with E-state index < -0.39 is 17.7 Å². The monoisotopic (exact) mass is 526 g/mol. The highest BCUT2D eigenvalue weighted by molar-refractivity contribution is 6.51. The summed E-state index contributed by atoms with van der Waals surface area (Å²) in [5.41, 5.74) is 4.05. The number of benzene rings is 3. The number of carbonyl (C=O) groups is 2. The lowest BCUT2D eigenvalue weighted by Crippen LogP contribution is -2.29. The standard InChI is InChI=1S/C33H38N2O4/c1-6-23-12-16-27(17-13-23)35-30(24-14-18-26(19-15-24)34(7-2)8-3)29(32(37)33(35)38)31(36)25-10-9-11-28(20-25)39-21-22(4)5/h9-20,22,30,36H,6-8,21H2,1-5H3/b31-29-. The van der Waals surface area contributed by atoms with Gasteiger partial charge in [-0.05, 0) is 73.7 Å². The van der Waals surface area contributed by atoms with Gasteiger partial charge in [-0.3, -0.25) is 14.5 Å². The zero-order chi connectivity index (χ0) is 28.1. The highest BCUT2D eigenvalue weighted by atomic mass is 16.5. The van der Waals surface area contributed by atoms with E-state index in [9.17, 15) is 14.7 Å². The van der Waals surface area contributed by atoms with Gasteiger partial charge < -0.3 is 14.7 Å². The zero-order valence-electron chi connectivity index (χ0n) is 23.5. The molecule has 6 heteroatoms. The number of rotatable bonds is 10. The highest BCUT2D eigenvalue weighted by Gasteiger charge is 2.47. The third kappa shape index (κ3) is 5.85. The maximum absolute atomic E-state index is 13.5. The molecule has 1 fully saturated rings. The fraction of sp³-hybridized carbons (Fsp3) is 0.333. The van der Waals surface area contributed by atoms with Crippen molar-refractivity contribution in [1.29, 1.82) is 0 Å². The van der Waals surface area contributed by atoms with Crippen molar-refractivity contribution in [1.82, 2.24) is 0 Å². The summed E-state index contributed by atoms with van der Waals surface area (Å²) in [6.45, 7) is 12.7. The van der Waals surface area contributed by atoms with Crippen molar-refractivity contribution in [3.8, 4) is 5.75 Å². The molecule has 1 heterocycles. The minimum Gasteiger partial charge on any atom is -0.507 e. The van der Waals surface area contributed by atoms with Crippen molar-refractivity contribution in [2.45, 2.75) is 47.1 Å². The number of aliphatic hydroxyl groups excluding tert-OH is 1. The van der Waals surface area contributed by atoms with E-state index in [1.165, 1.54) is 4.90 Å². The summed E-state index contributed by atoms with van der Waals surface area (Å²) < 4.78 is 5.85.